The highest BCUT2D eigenvalue weighted by molar-refractivity contribution is 8.13. The van der Waals surface area contributed by atoms with Gasteiger partial charge in [0.25, 0.3) is 0 Å². The Hall–Kier alpha value is -1.50. The van der Waals surface area contributed by atoms with Crippen molar-refractivity contribution >= 4 is 29.0 Å². The predicted octanol–water partition coefficient (Wildman–Crippen LogP) is 2.04. The molecule has 0 aliphatic heterocycles. The molecule has 0 rings (SSSR count). The van der Waals surface area contributed by atoms with Gasteiger partial charge in [-0.05, 0) is 12.7 Å². The summed E-state index contributed by atoms with van der Waals surface area (Å²) in [7, 11) is 1.69. The van der Waals surface area contributed by atoms with Crippen molar-refractivity contribution in [2.24, 2.45) is 4.99 Å². The number of carbonyl (C=O) groups excluding carboxylic acids is 2. The fourth-order valence-electron chi connectivity index (χ4n) is 1.09. The zero-order chi connectivity index (χ0) is 14.7. The summed E-state index contributed by atoms with van der Waals surface area (Å²) in [5.74, 6) is 0. The van der Waals surface area contributed by atoms with Crippen LogP contribution in [0.4, 0.5) is 9.59 Å². The van der Waals surface area contributed by atoms with Gasteiger partial charge in [-0.1, -0.05) is 31.2 Å². The highest BCUT2D eigenvalue weighted by atomic mass is 32.2. The maximum atomic E-state index is 11.8. The third-order valence-electron chi connectivity index (χ3n) is 2.19. The fourth-order valence-corrected chi connectivity index (χ4v) is 1.46. The zero-order valence-corrected chi connectivity index (χ0v) is 12.5. The monoisotopic (exact) mass is 286 g/mol. The Balaban J connectivity index is 4.40. The number of amidine groups is 1. The van der Waals surface area contributed by atoms with Crippen LogP contribution in [0.15, 0.2) is 17.6 Å². The van der Waals surface area contributed by atoms with Gasteiger partial charge in [0.05, 0.1) is 0 Å². The maximum Gasteiger partial charge on any atom is 0.345 e. The van der Waals surface area contributed by atoms with E-state index in [0.717, 1.165) is 12.8 Å². The lowest BCUT2D eigenvalue weighted by atomic mass is 10.3. The van der Waals surface area contributed by atoms with Crippen molar-refractivity contribution in [3.63, 3.8) is 0 Å². The number of hydrogen-bond donors (Lipinski definition) is 2. The van der Waals surface area contributed by atoms with Crippen LogP contribution >= 0.6 is 11.8 Å². The summed E-state index contributed by atoms with van der Waals surface area (Å²) in [5, 5.41) is 5.33. The number of rotatable bonds is 5. The Bertz CT molecular complexity index is 345. The van der Waals surface area contributed by atoms with Gasteiger partial charge < -0.3 is 10.2 Å². The van der Waals surface area contributed by atoms with Crippen molar-refractivity contribution in [1.82, 2.24) is 15.5 Å². The molecule has 0 spiro atoms. The quantitative estimate of drug-likeness (QED) is 0.461. The molecule has 0 aromatic carbocycles. The smallest absolute Gasteiger partial charge is 0.334 e. The molecule has 0 saturated carbocycles. The van der Waals surface area contributed by atoms with Crippen molar-refractivity contribution in [2.45, 2.75) is 19.8 Å². The van der Waals surface area contributed by atoms with E-state index in [-0.39, 0.29) is 11.2 Å². The third kappa shape index (κ3) is 8.25. The van der Waals surface area contributed by atoms with Crippen LogP contribution in [0.3, 0.4) is 0 Å². The van der Waals surface area contributed by atoms with E-state index in [1.807, 2.05) is 0 Å². The Morgan fingerprint density at radius 1 is 1.47 bits per heavy atom. The van der Waals surface area contributed by atoms with Gasteiger partial charge in [-0.3, -0.25) is 5.32 Å². The summed E-state index contributed by atoms with van der Waals surface area (Å²) < 4.78 is 0. The minimum absolute atomic E-state index is 0.273. The molecule has 0 saturated heterocycles. The second-order valence-corrected chi connectivity index (χ2v) is 4.60. The number of nitrogens with one attached hydrogen (secondary N) is 2. The lowest BCUT2D eigenvalue weighted by Crippen LogP contribution is -2.39. The van der Waals surface area contributed by atoms with E-state index in [2.05, 4.69) is 29.1 Å². The first-order valence-electron chi connectivity index (χ1n) is 6.08. The van der Waals surface area contributed by atoms with Crippen molar-refractivity contribution in [3.8, 4) is 0 Å². The van der Waals surface area contributed by atoms with Crippen molar-refractivity contribution in [1.29, 1.82) is 0 Å². The van der Waals surface area contributed by atoms with E-state index in [0.29, 0.717) is 13.1 Å². The molecule has 6 nitrogen and oxygen atoms in total. The minimum atomic E-state index is -0.406. The SMILES string of the molecule is C=CCNC(=O)NC(=NC(=O)N(C)CCCC)SC. The molecule has 0 unspecified atom stereocenters. The van der Waals surface area contributed by atoms with Crippen LogP contribution < -0.4 is 10.6 Å². The van der Waals surface area contributed by atoms with Gasteiger partial charge in [0.1, 0.15) is 0 Å². The molecule has 4 amide bonds. The average Bonchev–Trinajstić information content (AvgIpc) is 2.41. The molecule has 0 aromatic rings. The number of aliphatic imine (C=N–C) groups is 1. The van der Waals surface area contributed by atoms with Crippen LogP contribution in [-0.4, -0.2) is 48.5 Å². The highest BCUT2D eigenvalue weighted by Gasteiger charge is 2.10. The van der Waals surface area contributed by atoms with E-state index in [4.69, 9.17) is 0 Å². The second kappa shape index (κ2) is 10.4. The topological polar surface area (TPSA) is 73.8 Å². The normalized spacial score (nSPS) is 10.8. The Morgan fingerprint density at radius 3 is 2.68 bits per heavy atom. The summed E-state index contributed by atoms with van der Waals surface area (Å²) in [6.45, 7) is 6.56. The number of thioether (sulfide) groups is 1. The van der Waals surface area contributed by atoms with Gasteiger partial charge in [0, 0.05) is 20.1 Å². The van der Waals surface area contributed by atoms with E-state index in [1.165, 1.54) is 16.7 Å². The lowest BCUT2D eigenvalue weighted by molar-refractivity contribution is 0.218. The predicted molar refractivity (Wildman–Crippen MR) is 80.6 cm³/mol. The Labute approximate surface area is 118 Å². The lowest BCUT2D eigenvalue weighted by Gasteiger charge is -2.14. The summed E-state index contributed by atoms with van der Waals surface area (Å²) in [5.41, 5.74) is 0. The van der Waals surface area contributed by atoms with Crippen LogP contribution in [0.2, 0.25) is 0 Å². The van der Waals surface area contributed by atoms with Gasteiger partial charge in [0.15, 0.2) is 5.17 Å². The highest BCUT2D eigenvalue weighted by Crippen LogP contribution is 2.00. The molecule has 0 fully saturated rings. The van der Waals surface area contributed by atoms with Crippen molar-refractivity contribution in [3.05, 3.63) is 12.7 Å². The van der Waals surface area contributed by atoms with Gasteiger partial charge in [-0.15, -0.1) is 6.58 Å². The Morgan fingerprint density at radius 2 is 2.16 bits per heavy atom. The van der Waals surface area contributed by atoms with E-state index >= 15 is 0 Å². The summed E-state index contributed by atoms with van der Waals surface area (Å²) in [6.07, 6.45) is 5.25. The number of amides is 4. The van der Waals surface area contributed by atoms with Gasteiger partial charge in [-0.2, -0.15) is 4.99 Å². The van der Waals surface area contributed by atoms with Crippen LogP contribution in [0.25, 0.3) is 0 Å². The maximum absolute atomic E-state index is 11.8. The number of unbranched alkanes of at least 4 members (excludes halogenated alkanes) is 1. The van der Waals surface area contributed by atoms with E-state index in [9.17, 15) is 9.59 Å². The molecule has 7 heteroatoms. The molecule has 108 valence electrons. The minimum Gasteiger partial charge on any atom is -0.334 e. The molecule has 19 heavy (non-hydrogen) atoms. The van der Waals surface area contributed by atoms with Crippen molar-refractivity contribution < 1.29 is 9.59 Å². The molecular weight excluding hydrogens is 264 g/mol. The molecule has 0 aromatic heterocycles. The summed E-state index contributed by atoms with van der Waals surface area (Å²) in [4.78, 5) is 28.6. The third-order valence-corrected chi connectivity index (χ3v) is 2.77. The number of nitrogens with zero attached hydrogens (tertiary/aromatic N) is 2. The number of carbonyl (C=O) groups is 2. The molecule has 0 atom stereocenters. The second-order valence-electron chi connectivity index (χ2n) is 3.80. The molecule has 0 radical (unpaired) electrons. The molecule has 2 N–H and O–H groups in total. The summed E-state index contributed by atoms with van der Waals surface area (Å²) >= 11 is 1.21. The van der Waals surface area contributed by atoms with Crippen molar-refractivity contribution in [2.75, 3.05) is 26.4 Å². The van der Waals surface area contributed by atoms with Gasteiger partial charge in [-0.25, -0.2) is 9.59 Å². The molecule has 0 aliphatic carbocycles. The first kappa shape index (κ1) is 17.5. The Kier molecular flexibility index (Phi) is 9.60. The first-order valence-corrected chi connectivity index (χ1v) is 7.31. The van der Waals surface area contributed by atoms with Gasteiger partial charge in [0.2, 0.25) is 0 Å². The molecule has 0 aliphatic rings. The van der Waals surface area contributed by atoms with E-state index in [1.54, 1.807) is 19.4 Å². The van der Waals surface area contributed by atoms with Crippen LogP contribution in [0, 0.1) is 0 Å². The molecular formula is C12H22N4O2S. The number of hydrogen-bond acceptors (Lipinski definition) is 3. The zero-order valence-electron chi connectivity index (χ0n) is 11.7. The average molecular weight is 286 g/mol. The van der Waals surface area contributed by atoms with Crippen LogP contribution in [0.1, 0.15) is 19.8 Å². The molecule has 0 heterocycles. The first-order chi connectivity index (χ1) is 9.04. The van der Waals surface area contributed by atoms with E-state index < -0.39 is 6.03 Å². The van der Waals surface area contributed by atoms with Crippen LogP contribution in [0.5, 0.6) is 0 Å². The van der Waals surface area contributed by atoms with Gasteiger partial charge >= 0.3 is 12.1 Å². The largest absolute Gasteiger partial charge is 0.345 e. The standard InChI is InChI=1S/C12H22N4O2S/c1-5-7-9-16(3)12(18)15-11(19-4)14-10(17)13-8-6-2/h6H,2,5,7-9H2,1,3-4H3,(H2,13,14,15,17,18). The number of urea groups is 2. The van der Waals surface area contributed by atoms with Crippen LogP contribution in [-0.2, 0) is 0 Å². The molecule has 0 bridgehead atoms. The fraction of sp³-hybridized carbons (Fsp3) is 0.583. The summed E-state index contributed by atoms with van der Waals surface area (Å²) in [6, 6.07) is -0.765.